The van der Waals surface area contributed by atoms with Crippen LogP contribution >= 0.6 is 0 Å². The molecular formula is C26H42Cl2Zr. The SMILES string of the molecule is CCCC(CC)(CC)C1=[C-]CC=C1.CCCC(CC)(CC)C1=[C-]CC=C1.[Cl-].[Cl-].[Zr+4]. The fraction of sp³-hybridized carbons (Fsp3) is 0.692. The maximum absolute atomic E-state index is 3.49. The van der Waals surface area contributed by atoms with Gasteiger partial charge in [-0.1, -0.05) is 54.4 Å². The average molecular weight is 517 g/mol. The second-order valence-corrected chi connectivity index (χ2v) is 7.87. The van der Waals surface area contributed by atoms with Gasteiger partial charge in [-0.25, -0.2) is 23.3 Å². The predicted octanol–water partition coefficient (Wildman–Crippen LogP) is 2.57. The largest absolute Gasteiger partial charge is 4.00 e. The van der Waals surface area contributed by atoms with E-state index in [0.29, 0.717) is 10.8 Å². The van der Waals surface area contributed by atoms with Crippen molar-refractivity contribution in [3.05, 3.63) is 47.6 Å². The Balaban J connectivity index is -0.000000422. The van der Waals surface area contributed by atoms with E-state index in [1.54, 1.807) is 0 Å². The number of halogens is 2. The Bertz CT molecular complexity index is 473. The Hall–Kier alpha value is 0.423. The van der Waals surface area contributed by atoms with Crippen LogP contribution in [0.1, 0.15) is 106 Å². The molecule has 0 aromatic carbocycles. The summed E-state index contributed by atoms with van der Waals surface area (Å²) in [5.74, 6) is 0. The van der Waals surface area contributed by atoms with Crippen molar-refractivity contribution in [1.82, 2.24) is 0 Å². The van der Waals surface area contributed by atoms with Crippen molar-refractivity contribution >= 4 is 0 Å². The van der Waals surface area contributed by atoms with E-state index in [1.807, 2.05) is 0 Å². The van der Waals surface area contributed by atoms with Crippen LogP contribution in [0, 0.1) is 23.0 Å². The van der Waals surface area contributed by atoms with Crippen molar-refractivity contribution in [2.45, 2.75) is 106 Å². The summed E-state index contributed by atoms with van der Waals surface area (Å²) in [7, 11) is 0. The number of hydrogen-bond donors (Lipinski definition) is 0. The third kappa shape index (κ3) is 9.21. The van der Waals surface area contributed by atoms with E-state index in [0.717, 1.165) is 12.8 Å². The van der Waals surface area contributed by atoms with Gasteiger partial charge in [0.2, 0.25) is 0 Å². The maximum Gasteiger partial charge on any atom is 4.00 e. The molecule has 0 heterocycles. The van der Waals surface area contributed by atoms with Gasteiger partial charge in [0, 0.05) is 0 Å². The van der Waals surface area contributed by atoms with Crippen molar-refractivity contribution in [3.63, 3.8) is 0 Å². The topological polar surface area (TPSA) is 0 Å². The zero-order chi connectivity index (χ0) is 19.5. The van der Waals surface area contributed by atoms with Gasteiger partial charge >= 0.3 is 26.2 Å². The van der Waals surface area contributed by atoms with Crippen LogP contribution < -0.4 is 24.8 Å². The van der Waals surface area contributed by atoms with E-state index in [-0.39, 0.29) is 51.0 Å². The monoisotopic (exact) mass is 514 g/mol. The summed E-state index contributed by atoms with van der Waals surface area (Å²) in [5.41, 5.74) is 3.81. The molecular weight excluding hydrogens is 474 g/mol. The maximum atomic E-state index is 3.49. The summed E-state index contributed by atoms with van der Waals surface area (Å²) in [6.07, 6.45) is 28.2. The molecule has 29 heavy (non-hydrogen) atoms. The Morgan fingerprint density at radius 1 is 0.655 bits per heavy atom. The molecule has 0 radical (unpaired) electrons. The Kier molecular flexibility index (Phi) is 21.2. The first-order valence-corrected chi connectivity index (χ1v) is 11.1. The summed E-state index contributed by atoms with van der Waals surface area (Å²) in [6.45, 7) is 13.8. The number of allylic oxidation sites excluding steroid dienone is 8. The number of rotatable bonds is 10. The van der Waals surface area contributed by atoms with Crippen LogP contribution in [0.25, 0.3) is 0 Å². The standard InChI is InChI=1S/2C13H21.2ClH.Zr/c2*1-4-11-13(5-2,6-3)12-9-7-8-10-12;;;/h2*7,9H,4-6,8,11H2,1-3H3;2*1H;/q2*-1;;;+4/p-2. The first kappa shape index (κ1) is 34.0. The number of hydrogen-bond acceptors (Lipinski definition) is 0. The predicted molar refractivity (Wildman–Crippen MR) is 117 cm³/mol. The third-order valence-electron chi connectivity index (χ3n) is 6.70. The Morgan fingerprint density at radius 3 is 1.14 bits per heavy atom. The van der Waals surface area contributed by atoms with Crippen molar-refractivity contribution in [3.8, 4) is 0 Å². The minimum absolute atomic E-state index is 0. The van der Waals surface area contributed by atoms with Crippen LogP contribution in [0.3, 0.4) is 0 Å². The first-order valence-electron chi connectivity index (χ1n) is 11.1. The van der Waals surface area contributed by atoms with Gasteiger partial charge in [0.05, 0.1) is 0 Å². The summed E-state index contributed by atoms with van der Waals surface area (Å²) >= 11 is 0. The summed E-state index contributed by atoms with van der Waals surface area (Å²) < 4.78 is 0. The molecule has 0 aromatic rings. The molecule has 2 aliphatic carbocycles. The molecule has 0 fully saturated rings. The second kappa shape index (κ2) is 18.0. The van der Waals surface area contributed by atoms with Crippen molar-refractivity contribution in [2.75, 3.05) is 0 Å². The zero-order valence-corrected chi connectivity index (χ0v) is 23.6. The van der Waals surface area contributed by atoms with Gasteiger partial charge in [-0.3, -0.25) is 12.2 Å². The first-order chi connectivity index (χ1) is 12.6. The molecule has 0 saturated heterocycles. The molecule has 0 unspecified atom stereocenters. The van der Waals surface area contributed by atoms with Gasteiger partial charge in [-0.2, -0.15) is 12.2 Å². The Labute approximate surface area is 214 Å². The molecule has 0 bridgehead atoms. The molecule has 0 spiro atoms. The molecule has 0 amide bonds. The van der Waals surface area contributed by atoms with E-state index < -0.39 is 0 Å². The van der Waals surface area contributed by atoms with Crippen LogP contribution in [0.2, 0.25) is 0 Å². The average Bonchev–Trinajstić information content (AvgIpc) is 3.39. The van der Waals surface area contributed by atoms with Crippen molar-refractivity contribution < 1.29 is 51.0 Å². The third-order valence-corrected chi connectivity index (χ3v) is 6.70. The molecule has 3 heteroatoms. The summed E-state index contributed by atoms with van der Waals surface area (Å²) in [6, 6.07) is 0. The fourth-order valence-electron chi connectivity index (χ4n) is 4.73. The smallest absolute Gasteiger partial charge is 1.00 e. The van der Waals surface area contributed by atoms with Gasteiger partial charge in [0.15, 0.2) is 0 Å². The van der Waals surface area contributed by atoms with Crippen LogP contribution in [0.15, 0.2) is 35.5 Å². The van der Waals surface area contributed by atoms with Crippen LogP contribution in [0.4, 0.5) is 0 Å². The van der Waals surface area contributed by atoms with Crippen LogP contribution in [0.5, 0.6) is 0 Å². The van der Waals surface area contributed by atoms with E-state index in [2.05, 4.69) is 78.0 Å². The molecule has 0 nitrogen and oxygen atoms in total. The van der Waals surface area contributed by atoms with E-state index in [1.165, 1.54) is 62.5 Å². The minimum Gasteiger partial charge on any atom is -1.00 e. The Morgan fingerprint density at radius 2 is 0.966 bits per heavy atom. The van der Waals surface area contributed by atoms with Gasteiger partial charge in [-0.05, 0) is 49.4 Å². The molecule has 0 N–H and O–H groups in total. The van der Waals surface area contributed by atoms with Crippen molar-refractivity contribution in [2.24, 2.45) is 10.8 Å². The molecule has 0 atom stereocenters. The minimum atomic E-state index is 0. The molecule has 0 aliphatic heterocycles. The van der Waals surface area contributed by atoms with E-state index in [4.69, 9.17) is 0 Å². The van der Waals surface area contributed by atoms with Crippen LogP contribution in [-0.4, -0.2) is 0 Å². The van der Waals surface area contributed by atoms with Gasteiger partial charge in [0.25, 0.3) is 0 Å². The van der Waals surface area contributed by atoms with Gasteiger partial charge < -0.3 is 24.8 Å². The quantitative estimate of drug-likeness (QED) is 0.392. The van der Waals surface area contributed by atoms with Gasteiger partial charge in [0.1, 0.15) is 0 Å². The molecule has 164 valence electrons. The zero-order valence-electron chi connectivity index (χ0n) is 19.6. The molecule has 2 rings (SSSR count). The molecule has 0 aromatic heterocycles. The summed E-state index contributed by atoms with van der Waals surface area (Å²) in [4.78, 5) is 0. The van der Waals surface area contributed by atoms with E-state index >= 15 is 0 Å². The summed E-state index contributed by atoms with van der Waals surface area (Å²) in [5, 5.41) is 0. The second-order valence-electron chi connectivity index (χ2n) is 7.87. The fourth-order valence-corrected chi connectivity index (χ4v) is 4.73. The normalized spacial score (nSPS) is 14.7. The van der Waals surface area contributed by atoms with E-state index in [9.17, 15) is 0 Å². The van der Waals surface area contributed by atoms with Gasteiger partial charge in [-0.15, -0.1) is 12.8 Å². The molecule has 2 aliphatic rings. The van der Waals surface area contributed by atoms with Crippen molar-refractivity contribution in [1.29, 1.82) is 0 Å². The molecule has 0 saturated carbocycles. The van der Waals surface area contributed by atoms with Crippen LogP contribution in [-0.2, 0) is 26.2 Å².